The largest absolute Gasteiger partial charge is 0.465 e. The third kappa shape index (κ3) is 3.31. The molecule has 5 rings (SSSR count). The van der Waals surface area contributed by atoms with Crippen molar-refractivity contribution in [2.75, 3.05) is 19.6 Å². The van der Waals surface area contributed by atoms with Crippen molar-refractivity contribution in [2.24, 2.45) is 0 Å². The zero-order chi connectivity index (χ0) is 19.8. The quantitative estimate of drug-likeness (QED) is 0.688. The van der Waals surface area contributed by atoms with E-state index in [-0.39, 0.29) is 5.91 Å². The number of fused-ring (bicyclic) bond motifs is 2. The Kier molecular flexibility index (Phi) is 4.79. The molecule has 0 saturated carbocycles. The monoisotopic (exact) mass is 394 g/mol. The Morgan fingerprint density at radius 2 is 2.17 bits per heavy atom. The van der Waals surface area contributed by atoms with Gasteiger partial charge in [0.2, 0.25) is 0 Å². The molecule has 1 atom stereocenters. The molecule has 3 aromatic rings. The fraction of sp³-hybridized carbons (Fsp3) is 0.524. The molecule has 0 spiro atoms. The average Bonchev–Trinajstić information content (AvgIpc) is 3.44. The Balaban J connectivity index is 1.32. The molecular weight excluding hydrogens is 368 g/mol. The number of hydrogen-bond acceptors (Lipinski definition) is 6. The molecule has 1 aliphatic carbocycles. The van der Waals surface area contributed by atoms with Crippen molar-refractivity contribution >= 4 is 17.1 Å². The summed E-state index contributed by atoms with van der Waals surface area (Å²) in [7, 11) is 0. The van der Waals surface area contributed by atoms with E-state index >= 15 is 0 Å². The fourth-order valence-corrected chi connectivity index (χ4v) is 4.61. The van der Waals surface area contributed by atoms with Gasteiger partial charge in [0, 0.05) is 43.4 Å². The van der Waals surface area contributed by atoms with Crippen LogP contribution in [0.4, 0.5) is 0 Å². The molecule has 0 aromatic carbocycles. The summed E-state index contributed by atoms with van der Waals surface area (Å²) in [5.41, 5.74) is 4.47. The van der Waals surface area contributed by atoms with Crippen LogP contribution in [0.3, 0.4) is 0 Å². The van der Waals surface area contributed by atoms with Crippen LogP contribution in [0.2, 0.25) is 0 Å². The number of aromatic nitrogens is 4. The maximum atomic E-state index is 12.8. The Hall–Kier alpha value is -2.74. The van der Waals surface area contributed by atoms with Crippen LogP contribution >= 0.6 is 0 Å². The number of aryl methyl sites for hydroxylation is 2. The minimum Gasteiger partial charge on any atom is -0.465 e. The van der Waals surface area contributed by atoms with Crippen molar-refractivity contribution < 1.29 is 9.21 Å². The minimum absolute atomic E-state index is 0.0582. The average molecular weight is 394 g/mol. The molecule has 1 fully saturated rings. The van der Waals surface area contributed by atoms with Crippen LogP contribution in [0.15, 0.2) is 16.8 Å². The van der Waals surface area contributed by atoms with Crippen LogP contribution in [0.5, 0.6) is 0 Å². The summed E-state index contributed by atoms with van der Waals surface area (Å²) >= 11 is 0. The van der Waals surface area contributed by atoms with Gasteiger partial charge in [0.05, 0.1) is 17.8 Å². The number of amides is 1. The molecule has 2 N–H and O–H groups in total. The van der Waals surface area contributed by atoms with E-state index in [1.54, 1.807) is 12.4 Å². The summed E-state index contributed by atoms with van der Waals surface area (Å²) < 4.78 is 7.71. The number of nitrogens with one attached hydrogen (secondary N) is 2. The number of carbonyl (C=O) groups excluding carboxylic acids is 1. The number of rotatable bonds is 5. The van der Waals surface area contributed by atoms with Gasteiger partial charge in [-0.15, -0.1) is 0 Å². The lowest BCUT2D eigenvalue weighted by Gasteiger charge is -2.11. The Morgan fingerprint density at radius 3 is 3.03 bits per heavy atom. The van der Waals surface area contributed by atoms with Gasteiger partial charge in [0.15, 0.2) is 5.65 Å². The van der Waals surface area contributed by atoms with E-state index in [2.05, 4.69) is 20.6 Å². The predicted molar refractivity (Wildman–Crippen MR) is 108 cm³/mol. The fourth-order valence-electron chi connectivity index (χ4n) is 4.61. The lowest BCUT2D eigenvalue weighted by Crippen LogP contribution is -2.28. The SMILES string of the molecule is Cc1oc2c(c1C(=O)NCCn1nc(C3CCNC3)c3nccnc31)CCCC2. The van der Waals surface area contributed by atoms with Crippen molar-refractivity contribution in [3.63, 3.8) is 0 Å². The standard InChI is InChI=1S/C21H26N6O2/c1-13-17(15-4-2-3-5-16(15)29-13)21(28)25-10-11-27-20-19(23-8-9-24-20)18(26-27)14-6-7-22-12-14/h8-9,14,22H,2-7,10-12H2,1H3,(H,25,28). The first kappa shape index (κ1) is 18.3. The Morgan fingerprint density at radius 1 is 1.31 bits per heavy atom. The van der Waals surface area contributed by atoms with Crippen LogP contribution in [0.1, 0.15) is 58.3 Å². The molecule has 0 radical (unpaired) electrons. The first-order valence-corrected chi connectivity index (χ1v) is 10.5. The van der Waals surface area contributed by atoms with Gasteiger partial charge in [0.1, 0.15) is 17.0 Å². The highest BCUT2D eigenvalue weighted by molar-refractivity contribution is 5.97. The highest BCUT2D eigenvalue weighted by Crippen LogP contribution is 2.29. The number of furan rings is 1. The van der Waals surface area contributed by atoms with Crippen LogP contribution in [-0.4, -0.2) is 45.3 Å². The summed E-state index contributed by atoms with van der Waals surface area (Å²) in [4.78, 5) is 21.8. The highest BCUT2D eigenvalue weighted by Gasteiger charge is 2.26. The van der Waals surface area contributed by atoms with Crippen molar-refractivity contribution in [1.29, 1.82) is 0 Å². The van der Waals surface area contributed by atoms with Crippen molar-refractivity contribution in [3.05, 3.63) is 40.7 Å². The summed E-state index contributed by atoms with van der Waals surface area (Å²) in [5.74, 6) is 2.02. The number of hydrogen-bond donors (Lipinski definition) is 2. The van der Waals surface area contributed by atoms with Crippen LogP contribution in [0.25, 0.3) is 11.2 Å². The third-order valence-electron chi connectivity index (χ3n) is 6.03. The maximum absolute atomic E-state index is 12.8. The summed E-state index contributed by atoms with van der Waals surface area (Å²) in [6, 6.07) is 0. The molecule has 1 amide bonds. The lowest BCUT2D eigenvalue weighted by molar-refractivity contribution is 0.0949. The van der Waals surface area contributed by atoms with E-state index in [4.69, 9.17) is 9.52 Å². The van der Waals surface area contributed by atoms with Gasteiger partial charge in [0.25, 0.3) is 5.91 Å². The lowest BCUT2D eigenvalue weighted by atomic mass is 9.94. The zero-order valence-electron chi connectivity index (χ0n) is 16.7. The van der Waals surface area contributed by atoms with Crippen molar-refractivity contribution in [3.8, 4) is 0 Å². The molecular formula is C21H26N6O2. The van der Waals surface area contributed by atoms with E-state index in [1.165, 1.54) is 0 Å². The van der Waals surface area contributed by atoms with E-state index in [1.807, 2.05) is 11.6 Å². The molecule has 152 valence electrons. The van der Waals surface area contributed by atoms with Gasteiger partial charge < -0.3 is 15.1 Å². The summed E-state index contributed by atoms with van der Waals surface area (Å²) in [6.45, 7) is 4.84. The Bertz CT molecular complexity index is 1050. The molecule has 0 bridgehead atoms. The predicted octanol–water partition coefficient (Wildman–Crippen LogP) is 2.11. The first-order chi connectivity index (χ1) is 14.2. The smallest absolute Gasteiger partial charge is 0.255 e. The van der Waals surface area contributed by atoms with Crippen molar-refractivity contribution in [2.45, 2.75) is 51.5 Å². The molecule has 2 aliphatic rings. The van der Waals surface area contributed by atoms with Crippen molar-refractivity contribution in [1.82, 2.24) is 30.4 Å². The van der Waals surface area contributed by atoms with Gasteiger partial charge in [-0.25, -0.2) is 14.6 Å². The van der Waals surface area contributed by atoms with E-state index in [9.17, 15) is 4.79 Å². The number of carbonyl (C=O) groups is 1. The molecule has 1 unspecified atom stereocenters. The van der Waals surface area contributed by atoms with Gasteiger partial charge in [-0.2, -0.15) is 5.10 Å². The highest BCUT2D eigenvalue weighted by atomic mass is 16.3. The molecule has 8 nitrogen and oxygen atoms in total. The minimum atomic E-state index is -0.0582. The first-order valence-electron chi connectivity index (χ1n) is 10.5. The third-order valence-corrected chi connectivity index (χ3v) is 6.03. The second-order valence-corrected chi connectivity index (χ2v) is 7.92. The van der Waals surface area contributed by atoms with Crippen LogP contribution in [0, 0.1) is 6.92 Å². The van der Waals surface area contributed by atoms with Gasteiger partial charge >= 0.3 is 0 Å². The molecule has 3 aromatic heterocycles. The second-order valence-electron chi connectivity index (χ2n) is 7.92. The zero-order valence-corrected chi connectivity index (χ0v) is 16.7. The molecule has 8 heteroatoms. The van der Waals surface area contributed by atoms with E-state index < -0.39 is 0 Å². The normalized spacial score (nSPS) is 18.9. The Labute approximate surface area is 169 Å². The van der Waals surface area contributed by atoms with Gasteiger partial charge in [-0.3, -0.25) is 4.79 Å². The number of nitrogens with zero attached hydrogens (tertiary/aromatic N) is 4. The van der Waals surface area contributed by atoms with Gasteiger partial charge in [-0.1, -0.05) is 0 Å². The second kappa shape index (κ2) is 7.59. The van der Waals surface area contributed by atoms with E-state index in [0.29, 0.717) is 19.0 Å². The van der Waals surface area contributed by atoms with Crippen LogP contribution < -0.4 is 10.6 Å². The topological polar surface area (TPSA) is 97.9 Å². The molecule has 4 heterocycles. The molecule has 1 saturated heterocycles. The molecule has 29 heavy (non-hydrogen) atoms. The summed E-state index contributed by atoms with van der Waals surface area (Å²) in [6.07, 6.45) is 8.57. The van der Waals surface area contributed by atoms with Gasteiger partial charge in [-0.05, 0) is 39.2 Å². The van der Waals surface area contributed by atoms with Crippen LogP contribution in [-0.2, 0) is 19.4 Å². The molecule has 1 aliphatic heterocycles. The summed E-state index contributed by atoms with van der Waals surface area (Å²) in [5, 5.41) is 11.2. The maximum Gasteiger partial charge on any atom is 0.255 e. The van der Waals surface area contributed by atoms with E-state index in [0.717, 1.165) is 84.7 Å².